The lowest BCUT2D eigenvalue weighted by atomic mass is 9.97. The fraction of sp³-hybridized carbons (Fsp3) is 0.292. The molecular formula is C24H27N3O3. The average molecular weight is 405 g/mol. The Morgan fingerprint density at radius 3 is 2.60 bits per heavy atom. The smallest absolute Gasteiger partial charge is 0.251 e. The number of pyridine rings is 2. The minimum atomic E-state index is -0.102. The van der Waals surface area contributed by atoms with Gasteiger partial charge in [0.2, 0.25) is 0 Å². The van der Waals surface area contributed by atoms with Gasteiger partial charge in [0.05, 0.1) is 31.5 Å². The van der Waals surface area contributed by atoms with Crippen molar-refractivity contribution in [3.8, 4) is 5.75 Å². The number of rotatable bonds is 8. The zero-order chi connectivity index (χ0) is 21.7. The molecule has 0 spiro atoms. The number of methoxy groups -OCH3 is 1. The van der Waals surface area contributed by atoms with Crippen LogP contribution in [0.4, 0.5) is 0 Å². The normalized spacial score (nSPS) is 11.9. The van der Waals surface area contributed by atoms with Gasteiger partial charge >= 0.3 is 0 Å². The number of benzene rings is 1. The van der Waals surface area contributed by atoms with E-state index in [1.165, 1.54) is 0 Å². The van der Waals surface area contributed by atoms with E-state index in [2.05, 4.69) is 4.98 Å². The number of allylic oxidation sites excluding steroid dienone is 2. The van der Waals surface area contributed by atoms with Crippen LogP contribution in [0.5, 0.6) is 5.75 Å². The second-order valence-electron chi connectivity index (χ2n) is 7.09. The summed E-state index contributed by atoms with van der Waals surface area (Å²) in [6.45, 7) is 6.51. The predicted octanol–water partition coefficient (Wildman–Crippen LogP) is 4.65. The van der Waals surface area contributed by atoms with Gasteiger partial charge in [-0.05, 0) is 49.9 Å². The third-order valence-electron chi connectivity index (χ3n) is 4.90. The van der Waals surface area contributed by atoms with Crippen LogP contribution < -0.4 is 10.3 Å². The van der Waals surface area contributed by atoms with Crippen LogP contribution in [0, 0.1) is 5.41 Å². The molecule has 0 aliphatic rings. The minimum absolute atomic E-state index is 0.102. The third-order valence-corrected chi connectivity index (χ3v) is 4.90. The molecule has 0 amide bonds. The zero-order valence-electron chi connectivity index (χ0n) is 17.9. The van der Waals surface area contributed by atoms with Crippen LogP contribution in [0.25, 0.3) is 16.5 Å². The SMILES string of the molecule is CCCOc1cc2c(ccc(=O)n2Cc2ccccn2)cc1/C(C(C)=N)=C(\C)OC. The molecule has 0 unspecified atom stereocenters. The second-order valence-corrected chi connectivity index (χ2v) is 7.09. The molecule has 30 heavy (non-hydrogen) atoms. The van der Waals surface area contributed by atoms with Crippen LogP contribution in [-0.2, 0) is 11.3 Å². The molecule has 3 rings (SSSR count). The van der Waals surface area contributed by atoms with Gasteiger partial charge in [-0.25, -0.2) is 0 Å². The van der Waals surface area contributed by atoms with E-state index in [1.807, 2.05) is 44.2 Å². The second kappa shape index (κ2) is 9.39. The first-order valence-electron chi connectivity index (χ1n) is 9.97. The van der Waals surface area contributed by atoms with E-state index < -0.39 is 0 Å². The molecule has 0 atom stereocenters. The highest BCUT2D eigenvalue weighted by molar-refractivity contribution is 6.23. The van der Waals surface area contributed by atoms with Crippen molar-refractivity contribution in [1.82, 2.24) is 9.55 Å². The lowest BCUT2D eigenvalue weighted by Crippen LogP contribution is -2.20. The van der Waals surface area contributed by atoms with Gasteiger partial charge in [-0.2, -0.15) is 0 Å². The maximum Gasteiger partial charge on any atom is 0.251 e. The van der Waals surface area contributed by atoms with Gasteiger partial charge in [0, 0.05) is 35.2 Å². The molecule has 3 aromatic rings. The van der Waals surface area contributed by atoms with Gasteiger partial charge in [0.25, 0.3) is 5.56 Å². The van der Waals surface area contributed by atoms with Crippen molar-refractivity contribution in [3.63, 3.8) is 0 Å². The standard InChI is InChI=1S/C24H27N3O3/c1-5-12-30-22-14-21-18(13-20(22)24(16(2)25)17(3)29-4)9-10-23(28)27(21)15-19-8-6-7-11-26-19/h6-11,13-14,25H,5,12,15H2,1-4H3/b24-17+,25-16?. The summed E-state index contributed by atoms with van der Waals surface area (Å²) in [6.07, 6.45) is 2.57. The van der Waals surface area contributed by atoms with Crippen molar-refractivity contribution >= 4 is 22.2 Å². The van der Waals surface area contributed by atoms with E-state index in [4.69, 9.17) is 14.9 Å². The Labute approximate surface area is 176 Å². The van der Waals surface area contributed by atoms with Crippen LogP contribution in [0.15, 0.2) is 59.2 Å². The van der Waals surface area contributed by atoms with Crippen LogP contribution in [0.2, 0.25) is 0 Å². The van der Waals surface area contributed by atoms with E-state index in [0.29, 0.717) is 35.9 Å². The molecule has 156 valence electrons. The van der Waals surface area contributed by atoms with E-state index >= 15 is 0 Å². The summed E-state index contributed by atoms with van der Waals surface area (Å²) in [5, 5.41) is 9.15. The molecule has 0 saturated carbocycles. The summed E-state index contributed by atoms with van der Waals surface area (Å²) in [5.41, 5.74) is 3.32. The molecule has 0 aliphatic heterocycles. The van der Waals surface area contributed by atoms with Gasteiger partial charge in [-0.3, -0.25) is 9.78 Å². The molecule has 1 N–H and O–H groups in total. The summed E-state index contributed by atoms with van der Waals surface area (Å²) in [7, 11) is 1.59. The average Bonchev–Trinajstić information content (AvgIpc) is 2.75. The largest absolute Gasteiger partial charge is 0.501 e. The Hall–Kier alpha value is -3.41. The first kappa shape index (κ1) is 21.3. The van der Waals surface area contributed by atoms with E-state index in [-0.39, 0.29) is 5.56 Å². The zero-order valence-corrected chi connectivity index (χ0v) is 17.9. The number of ether oxygens (including phenoxy) is 2. The summed E-state index contributed by atoms with van der Waals surface area (Å²) >= 11 is 0. The molecule has 6 nitrogen and oxygen atoms in total. The van der Waals surface area contributed by atoms with Crippen molar-refractivity contribution in [2.75, 3.05) is 13.7 Å². The van der Waals surface area contributed by atoms with Crippen LogP contribution in [0.1, 0.15) is 38.4 Å². The summed E-state index contributed by atoms with van der Waals surface area (Å²) in [4.78, 5) is 17.0. The lowest BCUT2D eigenvalue weighted by Gasteiger charge is -2.18. The Bertz CT molecular complexity index is 1150. The summed E-state index contributed by atoms with van der Waals surface area (Å²) < 4.78 is 13.2. The van der Waals surface area contributed by atoms with Crippen LogP contribution in [-0.4, -0.2) is 29.0 Å². The van der Waals surface area contributed by atoms with E-state index in [9.17, 15) is 4.79 Å². The monoisotopic (exact) mass is 405 g/mol. The van der Waals surface area contributed by atoms with Gasteiger partial charge in [-0.15, -0.1) is 0 Å². The summed E-state index contributed by atoms with van der Waals surface area (Å²) in [6, 6.07) is 12.9. The molecule has 0 fully saturated rings. The van der Waals surface area contributed by atoms with Crippen molar-refractivity contribution in [1.29, 1.82) is 5.41 Å². The Morgan fingerprint density at radius 1 is 1.17 bits per heavy atom. The number of nitrogens with one attached hydrogen (secondary N) is 1. The van der Waals surface area contributed by atoms with Crippen molar-refractivity contribution < 1.29 is 9.47 Å². The highest BCUT2D eigenvalue weighted by Crippen LogP contribution is 2.33. The molecule has 1 aromatic carbocycles. The third kappa shape index (κ3) is 4.43. The number of hydrogen-bond acceptors (Lipinski definition) is 5. The highest BCUT2D eigenvalue weighted by atomic mass is 16.5. The fourth-order valence-corrected chi connectivity index (χ4v) is 3.42. The van der Waals surface area contributed by atoms with E-state index in [1.54, 1.807) is 36.9 Å². The van der Waals surface area contributed by atoms with Gasteiger partial charge < -0.3 is 19.5 Å². The highest BCUT2D eigenvalue weighted by Gasteiger charge is 2.18. The van der Waals surface area contributed by atoms with Crippen molar-refractivity contribution in [3.05, 3.63) is 76.0 Å². The first-order chi connectivity index (χ1) is 14.5. The molecule has 2 aromatic heterocycles. The minimum Gasteiger partial charge on any atom is -0.501 e. The topological polar surface area (TPSA) is 77.2 Å². The Balaban J connectivity index is 2.26. The van der Waals surface area contributed by atoms with Crippen molar-refractivity contribution in [2.45, 2.75) is 33.7 Å². The molecule has 0 saturated heterocycles. The van der Waals surface area contributed by atoms with Gasteiger partial charge in [-0.1, -0.05) is 13.0 Å². The molecular weight excluding hydrogens is 378 g/mol. The van der Waals surface area contributed by atoms with E-state index in [0.717, 1.165) is 28.6 Å². The van der Waals surface area contributed by atoms with Gasteiger partial charge in [0.15, 0.2) is 0 Å². The maximum absolute atomic E-state index is 12.7. The lowest BCUT2D eigenvalue weighted by molar-refractivity contribution is 0.295. The Morgan fingerprint density at radius 2 is 1.97 bits per heavy atom. The summed E-state index contributed by atoms with van der Waals surface area (Å²) in [5.74, 6) is 1.27. The molecule has 0 radical (unpaired) electrons. The fourth-order valence-electron chi connectivity index (χ4n) is 3.42. The molecule has 2 heterocycles. The quantitative estimate of drug-likeness (QED) is 0.437. The van der Waals surface area contributed by atoms with Gasteiger partial charge in [0.1, 0.15) is 11.5 Å². The first-order valence-corrected chi connectivity index (χ1v) is 9.97. The number of nitrogens with zero attached hydrogens (tertiary/aromatic N) is 2. The van der Waals surface area contributed by atoms with Crippen LogP contribution >= 0.6 is 0 Å². The molecule has 0 aliphatic carbocycles. The Kier molecular flexibility index (Phi) is 6.67. The molecule has 0 bridgehead atoms. The number of aromatic nitrogens is 2. The predicted molar refractivity (Wildman–Crippen MR) is 120 cm³/mol. The number of hydrogen-bond donors (Lipinski definition) is 1. The van der Waals surface area contributed by atoms with Crippen molar-refractivity contribution in [2.24, 2.45) is 0 Å². The van der Waals surface area contributed by atoms with Crippen LogP contribution in [0.3, 0.4) is 0 Å². The molecule has 6 heteroatoms. The number of fused-ring (bicyclic) bond motifs is 1. The maximum atomic E-state index is 12.7.